The molecule has 0 spiro atoms. The van der Waals surface area contributed by atoms with E-state index in [-0.39, 0.29) is 10.7 Å². The van der Waals surface area contributed by atoms with Crippen molar-refractivity contribution in [3.63, 3.8) is 0 Å². The molecule has 0 aromatic carbocycles. The van der Waals surface area contributed by atoms with Gasteiger partial charge in [-0.3, -0.25) is 4.79 Å². The zero-order valence-electron chi connectivity index (χ0n) is 7.66. The Balaban J connectivity index is 2.51. The molecule has 3 nitrogen and oxygen atoms in total. The number of carbonyl (C=O) groups is 1. The van der Waals surface area contributed by atoms with Crippen LogP contribution in [0.15, 0.2) is 23.0 Å². The van der Waals surface area contributed by atoms with Gasteiger partial charge in [0.2, 0.25) is 5.91 Å². The molecule has 1 unspecified atom stereocenters. The predicted molar refractivity (Wildman–Crippen MR) is 53.6 cm³/mol. The summed E-state index contributed by atoms with van der Waals surface area (Å²) in [5, 5.41) is 0. The molecule has 1 rings (SSSR count). The van der Waals surface area contributed by atoms with E-state index in [0.717, 1.165) is 5.56 Å². The highest BCUT2D eigenvalue weighted by Crippen LogP contribution is 2.07. The van der Waals surface area contributed by atoms with Crippen molar-refractivity contribution >= 4 is 21.8 Å². The first-order valence-electron chi connectivity index (χ1n) is 4.01. The lowest BCUT2D eigenvalue weighted by Crippen LogP contribution is -2.31. The molecule has 0 aliphatic rings. The Bertz CT molecular complexity index is 269. The molecule has 72 valence electrons. The van der Waals surface area contributed by atoms with Crippen molar-refractivity contribution in [1.82, 2.24) is 4.90 Å². The lowest BCUT2D eigenvalue weighted by atomic mass is 10.3. The van der Waals surface area contributed by atoms with Gasteiger partial charge in [-0.1, -0.05) is 15.9 Å². The van der Waals surface area contributed by atoms with Crippen molar-refractivity contribution in [2.24, 2.45) is 0 Å². The summed E-state index contributed by atoms with van der Waals surface area (Å²) in [7, 11) is 1.77. The van der Waals surface area contributed by atoms with E-state index in [0.29, 0.717) is 6.54 Å². The first kappa shape index (κ1) is 10.3. The SMILES string of the molecule is CC(Br)C(=O)N(C)Cc1ccoc1. The molecule has 0 fully saturated rings. The summed E-state index contributed by atoms with van der Waals surface area (Å²) < 4.78 is 4.91. The molecule has 0 aliphatic heterocycles. The number of alkyl halides is 1. The highest BCUT2D eigenvalue weighted by molar-refractivity contribution is 9.10. The highest BCUT2D eigenvalue weighted by Gasteiger charge is 2.14. The Labute approximate surface area is 85.8 Å². The maximum atomic E-state index is 11.4. The molecule has 1 heterocycles. The van der Waals surface area contributed by atoms with Crippen LogP contribution in [0, 0.1) is 0 Å². The molecular weight excluding hydrogens is 234 g/mol. The van der Waals surface area contributed by atoms with E-state index in [1.165, 1.54) is 0 Å². The Morgan fingerprint density at radius 2 is 2.46 bits per heavy atom. The highest BCUT2D eigenvalue weighted by atomic mass is 79.9. The van der Waals surface area contributed by atoms with Crippen molar-refractivity contribution in [2.45, 2.75) is 18.3 Å². The fourth-order valence-corrected chi connectivity index (χ4v) is 1.39. The minimum atomic E-state index is -0.135. The largest absolute Gasteiger partial charge is 0.472 e. The molecule has 13 heavy (non-hydrogen) atoms. The van der Waals surface area contributed by atoms with Crippen LogP contribution in [0.2, 0.25) is 0 Å². The molecule has 0 aliphatic carbocycles. The summed E-state index contributed by atoms with van der Waals surface area (Å²) in [6.07, 6.45) is 3.24. The smallest absolute Gasteiger partial charge is 0.236 e. The average Bonchev–Trinajstić information content (AvgIpc) is 2.55. The van der Waals surface area contributed by atoms with Crippen LogP contribution >= 0.6 is 15.9 Å². The van der Waals surface area contributed by atoms with Gasteiger partial charge in [0, 0.05) is 19.2 Å². The molecule has 0 saturated carbocycles. The van der Waals surface area contributed by atoms with Crippen LogP contribution in [0.4, 0.5) is 0 Å². The van der Waals surface area contributed by atoms with Crippen LogP contribution in [-0.2, 0) is 11.3 Å². The van der Waals surface area contributed by atoms with Crippen LogP contribution in [0.25, 0.3) is 0 Å². The molecule has 1 amide bonds. The molecular formula is C9H12BrNO2. The quantitative estimate of drug-likeness (QED) is 0.764. The van der Waals surface area contributed by atoms with Crippen LogP contribution in [-0.4, -0.2) is 22.7 Å². The van der Waals surface area contributed by atoms with Gasteiger partial charge in [0.1, 0.15) is 0 Å². The normalized spacial score (nSPS) is 12.5. The predicted octanol–water partition coefficient (Wildman–Crippen LogP) is 2.02. The molecule has 1 aromatic rings. The molecule has 4 heteroatoms. The van der Waals surface area contributed by atoms with Gasteiger partial charge in [-0.05, 0) is 13.0 Å². The zero-order valence-corrected chi connectivity index (χ0v) is 9.24. The number of rotatable bonds is 3. The minimum Gasteiger partial charge on any atom is -0.472 e. The van der Waals surface area contributed by atoms with Gasteiger partial charge >= 0.3 is 0 Å². The second kappa shape index (κ2) is 4.46. The van der Waals surface area contributed by atoms with E-state index >= 15 is 0 Å². The van der Waals surface area contributed by atoms with Crippen LogP contribution < -0.4 is 0 Å². The first-order valence-corrected chi connectivity index (χ1v) is 4.93. The Hall–Kier alpha value is -0.770. The lowest BCUT2D eigenvalue weighted by molar-refractivity contribution is -0.129. The number of furan rings is 1. The third-order valence-corrected chi connectivity index (χ3v) is 2.11. The van der Waals surface area contributed by atoms with Gasteiger partial charge in [-0.15, -0.1) is 0 Å². The summed E-state index contributed by atoms with van der Waals surface area (Å²) in [5.41, 5.74) is 1.00. The number of amides is 1. The summed E-state index contributed by atoms with van der Waals surface area (Å²) in [4.78, 5) is 12.9. The van der Waals surface area contributed by atoms with Gasteiger partial charge in [0.05, 0.1) is 17.4 Å². The molecule has 0 N–H and O–H groups in total. The van der Waals surface area contributed by atoms with E-state index in [1.54, 1.807) is 24.5 Å². The second-order valence-corrected chi connectivity index (χ2v) is 4.32. The number of hydrogen-bond acceptors (Lipinski definition) is 2. The fraction of sp³-hybridized carbons (Fsp3) is 0.444. The topological polar surface area (TPSA) is 33.5 Å². The summed E-state index contributed by atoms with van der Waals surface area (Å²) >= 11 is 3.23. The molecule has 1 aromatic heterocycles. The van der Waals surface area contributed by atoms with Crippen molar-refractivity contribution in [3.8, 4) is 0 Å². The standard InChI is InChI=1S/C9H12BrNO2/c1-7(10)9(12)11(2)5-8-3-4-13-6-8/h3-4,6-7H,5H2,1-2H3. The molecule has 0 saturated heterocycles. The second-order valence-electron chi connectivity index (χ2n) is 2.94. The van der Waals surface area contributed by atoms with E-state index in [1.807, 2.05) is 13.0 Å². The average molecular weight is 246 g/mol. The number of hydrogen-bond donors (Lipinski definition) is 0. The van der Waals surface area contributed by atoms with Gasteiger partial charge in [-0.2, -0.15) is 0 Å². The van der Waals surface area contributed by atoms with Gasteiger partial charge in [0.15, 0.2) is 0 Å². The number of carbonyl (C=O) groups excluding carboxylic acids is 1. The number of halogens is 1. The Morgan fingerprint density at radius 1 is 1.77 bits per heavy atom. The fourth-order valence-electron chi connectivity index (χ4n) is 1.04. The summed E-state index contributed by atoms with van der Waals surface area (Å²) in [6.45, 7) is 2.40. The minimum absolute atomic E-state index is 0.0706. The summed E-state index contributed by atoms with van der Waals surface area (Å²) in [6, 6.07) is 1.85. The monoisotopic (exact) mass is 245 g/mol. The van der Waals surface area contributed by atoms with E-state index in [2.05, 4.69) is 15.9 Å². The lowest BCUT2D eigenvalue weighted by Gasteiger charge is -2.17. The third kappa shape index (κ3) is 2.88. The van der Waals surface area contributed by atoms with Crippen molar-refractivity contribution in [2.75, 3.05) is 7.05 Å². The van der Waals surface area contributed by atoms with E-state index in [9.17, 15) is 4.79 Å². The Morgan fingerprint density at radius 3 is 2.92 bits per heavy atom. The first-order chi connectivity index (χ1) is 6.11. The van der Waals surface area contributed by atoms with Gasteiger partial charge in [0.25, 0.3) is 0 Å². The maximum Gasteiger partial charge on any atom is 0.236 e. The molecule has 1 atom stereocenters. The Kier molecular flexibility index (Phi) is 3.54. The van der Waals surface area contributed by atoms with Crippen LogP contribution in [0.3, 0.4) is 0 Å². The van der Waals surface area contributed by atoms with E-state index < -0.39 is 0 Å². The van der Waals surface area contributed by atoms with Crippen LogP contribution in [0.5, 0.6) is 0 Å². The summed E-state index contributed by atoms with van der Waals surface area (Å²) in [5.74, 6) is 0.0706. The number of nitrogens with zero attached hydrogens (tertiary/aromatic N) is 1. The van der Waals surface area contributed by atoms with Crippen LogP contribution in [0.1, 0.15) is 12.5 Å². The zero-order chi connectivity index (χ0) is 9.84. The van der Waals surface area contributed by atoms with Crippen molar-refractivity contribution in [1.29, 1.82) is 0 Å². The van der Waals surface area contributed by atoms with Gasteiger partial charge in [-0.25, -0.2) is 0 Å². The van der Waals surface area contributed by atoms with E-state index in [4.69, 9.17) is 4.42 Å². The maximum absolute atomic E-state index is 11.4. The van der Waals surface area contributed by atoms with Crippen molar-refractivity contribution < 1.29 is 9.21 Å². The van der Waals surface area contributed by atoms with Gasteiger partial charge < -0.3 is 9.32 Å². The molecule has 0 bridgehead atoms. The van der Waals surface area contributed by atoms with Crippen molar-refractivity contribution in [3.05, 3.63) is 24.2 Å². The molecule has 0 radical (unpaired) electrons. The third-order valence-electron chi connectivity index (χ3n) is 1.72.